The Bertz CT molecular complexity index is 425. The zero-order valence-corrected chi connectivity index (χ0v) is 11.6. The summed E-state index contributed by atoms with van der Waals surface area (Å²) in [6, 6.07) is 0. The maximum absolute atomic E-state index is 10.1. The van der Waals surface area contributed by atoms with Crippen molar-refractivity contribution in [3.05, 3.63) is 11.3 Å². The van der Waals surface area contributed by atoms with E-state index < -0.39 is 5.60 Å². The Balaban J connectivity index is 2.26. The highest BCUT2D eigenvalue weighted by molar-refractivity contribution is 5.50. The molecule has 1 aliphatic heterocycles. The van der Waals surface area contributed by atoms with Crippen LogP contribution in [0.2, 0.25) is 0 Å². The lowest BCUT2D eigenvalue weighted by molar-refractivity contribution is 0.0481. The molecule has 1 unspecified atom stereocenters. The summed E-state index contributed by atoms with van der Waals surface area (Å²) < 4.78 is 1.91. The van der Waals surface area contributed by atoms with Crippen LogP contribution in [0.15, 0.2) is 0 Å². The molecule has 0 aliphatic carbocycles. The summed E-state index contributed by atoms with van der Waals surface area (Å²) in [4.78, 5) is 2.31. The van der Waals surface area contributed by atoms with E-state index in [1.807, 2.05) is 25.6 Å². The van der Waals surface area contributed by atoms with Crippen LogP contribution in [0, 0.1) is 6.92 Å². The van der Waals surface area contributed by atoms with Gasteiger partial charge in [0.25, 0.3) is 0 Å². The van der Waals surface area contributed by atoms with E-state index in [-0.39, 0.29) is 0 Å². The molecule has 1 atom stereocenters. The molecule has 2 rings (SSSR count). The van der Waals surface area contributed by atoms with Crippen molar-refractivity contribution < 1.29 is 5.11 Å². The molecule has 5 nitrogen and oxygen atoms in total. The van der Waals surface area contributed by atoms with Gasteiger partial charge in [-0.15, -0.1) is 0 Å². The molecule has 1 saturated heterocycles. The molecule has 2 heterocycles. The molecular formula is C13H24N4O. The fraction of sp³-hybridized carbons (Fsp3) is 0.769. The molecule has 5 heteroatoms. The molecule has 3 N–H and O–H groups in total. The van der Waals surface area contributed by atoms with Gasteiger partial charge in [-0.3, -0.25) is 4.68 Å². The third-order valence-electron chi connectivity index (χ3n) is 3.88. The number of aromatic nitrogens is 2. The Morgan fingerprint density at radius 3 is 2.78 bits per heavy atom. The van der Waals surface area contributed by atoms with Gasteiger partial charge in [-0.1, -0.05) is 0 Å². The summed E-state index contributed by atoms with van der Waals surface area (Å²) in [6.45, 7) is 6.26. The number of aryl methyl sites for hydroxylation is 2. The second kappa shape index (κ2) is 4.90. The van der Waals surface area contributed by atoms with Gasteiger partial charge in [-0.25, -0.2) is 0 Å². The largest absolute Gasteiger partial charge is 0.390 e. The Morgan fingerprint density at radius 2 is 2.11 bits per heavy atom. The Kier molecular flexibility index (Phi) is 3.64. The van der Waals surface area contributed by atoms with E-state index in [1.165, 1.54) is 0 Å². The number of hydrogen-bond acceptors (Lipinski definition) is 4. The van der Waals surface area contributed by atoms with Crippen LogP contribution < -0.4 is 10.6 Å². The average molecular weight is 252 g/mol. The first kappa shape index (κ1) is 13.4. The third kappa shape index (κ3) is 2.52. The van der Waals surface area contributed by atoms with E-state index in [0.29, 0.717) is 6.54 Å². The first-order valence-electron chi connectivity index (χ1n) is 6.64. The van der Waals surface area contributed by atoms with E-state index in [0.717, 1.165) is 49.4 Å². The molecule has 0 radical (unpaired) electrons. The Hall–Kier alpha value is -1.07. The summed E-state index contributed by atoms with van der Waals surface area (Å²) in [6.07, 6.45) is 2.65. The fourth-order valence-corrected chi connectivity index (χ4v) is 2.80. The summed E-state index contributed by atoms with van der Waals surface area (Å²) in [7, 11) is 1.96. The second-order valence-corrected chi connectivity index (χ2v) is 5.55. The van der Waals surface area contributed by atoms with Crippen molar-refractivity contribution in [2.45, 2.75) is 45.3 Å². The molecule has 0 bridgehead atoms. The quantitative estimate of drug-likeness (QED) is 0.821. The molecule has 0 saturated carbocycles. The minimum Gasteiger partial charge on any atom is -0.390 e. The predicted octanol–water partition coefficient (Wildman–Crippen LogP) is 0.929. The average Bonchev–Trinajstić information content (AvgIpc) is 2.45. The smallest absolute Gasteiger partial charge is 0.131 e. The molecule has 1 aliphatic rings. The van der Waals surface area contributed by atoms with E-state index in [1.54, 1.807) is 0 Å². The Labute approximate surface area is 109 Å². The van der Waals surface area contributed by atoms with Crippen LogP contribution in [-0.4, -0.2) is 33.6 Å². The number of rotatable bonds is 2. The normalized spacial score (nSPS) is 25.3. The maximum atomic E-state index is 10.1. The van der Waals surface area contributed by atoms with Crippen LogP contribution in [-0.2, 0) is 13.6 Å². The SMILES string of the molecule is Cc1nn(C)c(N2CCCC(C)(O)CC2)c1CN. The minimum atomic E-state index is -0.536. The minimum absolute atomic E-state index is 0.516. The van der Waals surface area contributed by atoms with Crippen molar-refractivity contribution in [2.24, 2.45) is 12.8 Å². The van der Waals surface area contributed by atoms with Gasteiger partial charge in [0, 0.05) is 32.2 Å². The second-order valence-electron chi connectivity index (χ2n) is 5.55. The molecular weight excluding hydrogens is 228 g/mol. The van der Waals surface area contributed by atoms with Gasteiger partial charge in [-0.05, 0) is 33.1 Å². The molecule has 0 spiro atoms. The maximum Gasteiger partial charge on any atom is 0.131 e. The lowest BCUT2D eigenvalue weighted by Gasteiger charge is -2.25. The molecule has 102 valence electrons. The number of nitrogens with two attached hydrogens (primary N) is 1. The highest BCUT2D eigenvalue weighted by atomic mass is 16.3. The lowest BCUT2D eigenvalue weighted by Crippen LogP contribution is -2.30. The van der Waals surface area contributed by atoms with Gasteiger partial charge in [0.1, 0.15) is 5.82 Å². The van der Waals surface area contributed by atoms with Crippen LogP contribution in [0.4, 0.5) is 5.82 Å². The molecule has 1 aromatic heterocycles. The number of nitrogens with zero attached hydrogens (tertiary/aromatic N) is 3. The number of hydrogen-bond donors (Lipinski definition) is 2. The summed E-state index contributed by atoms with van der Waals surface area (Å²) in [5.41, 5.74) is 7.43. The summed E-state index contributed by atoms with van der Waals surface area (Å²) in [5, 5.41) is 14.6. The van der Waals surface area contributed by atoms with E-state index in [2.05, 4.69) is 10.00 Å². The van der Waals surface area contributed by atoms with Gasteiger partial charge in [-0.2, -0.15) is 5.10 Å². The predicted molar refractivity (Wildman–Crippen MR) is 72.5 cm³/mol. The lowest BCUT2D eigenvalue weighted by atomic mass is 9.98. The van der Waals surface area contributed by atoms with Crippen LogP contribution in [0.1, 0.15) is 37.4 Å². The van der Waals surface area contributed by atoms with Crippen molar-refractivity contribution in [2.75, 3.05) is 18.0 Å². The van der Waals surface area contributed by atoms with Crippen LogP contribution in [0.3, 0.4) is 0 Å². The first-order valence-corrected chi connectivity index (χ1v) is 6.64. The van der Waals surface area contributed by atoms with Gasteiger partial charge < -0.3 is 15.7 Å². The van der Waals surface area contributed by atoms with Crippen LogP contribution >= 0.6 is 0 Å². The molecule has 18 heavy (non-hydrogen) atoms. The van der Waals surface area contributed by atoms with Crippen molar-refractivity contribution >= 4 is 5.82 Å². The number of anilines is 1. The monoisotopic (exact) mass is 252 g/mol. The standard InChI is InChI=1S/C13H24N4O/c1-10-11(9-14)12(16(3)15-10)17-7-4-5-13(2,18)6-8-17/h18H,4-9,14H2,1-3H3. The molecule has 0 aromatic carbocycles. The summed E-state index contributed by atoms with van der Waals surface area (Å²) >= 11 is 0. The highest BCUT2D eigenvalue weighted by Gasteiger charge is 2.27. The van der Waals surface area contributed by atoms with Crippen LogP contribution in [0.5, 0.6) is 0 Å². The van der Waals surface area contributed by atoms with Gasteiger partial charge in [0.15, 0.2) is 0 Å². The van der Waals surface area contributed by atoms with Crippen LogP contribution in [0.25, 0.3) is 0 Å². The topological polar surface area (TPSA) is 67.3 Å². The zero-order chi connectivity index (χ0) is 13.3. The van der Waals surface area contributed by atoms with Crippen molar-refractivity contribution in [1.29, 1.82) is 0 Å². The fourth-order valence-electron chi connectivity index (χ4n) is 2.80. The van der Waals surface area contributed by atoms with E-state index in [9.17, 15) is 5.11 Å². The van der Waals surface area contributed by atoms with Gasteiger partial charge >= 0.3 is 0 Å². The molecule has 1 fully saturated rings. The highest BCUT2D eigenvalue weighted by Crippen LogP contribution is 2.28. The first-order chi connectivity index (χ1) is 8.44. The van der Waals surface area contributed by atoms with Gasteiger partial charge in [0.05, 0.1) is 11.3 Å². The van der Waals surface area contributed by atoms with Crippen molar-refractivity contribution in [3.63, 3.8) is 0 Å². The number of aliphatic hydroxyl groups is 1. The Morgan fingerprint density at radius 1 is 1.39 bits per heavy atom. The molecule has 1 aromatic rings. The summed E-state index contributed by atoms with van der Waals surface area (Å²) in [5.74, 6) is 1.12. The van der Waals surface area contributed by atoms with E-state index in [4.69, 9.17) is 5.73 Å². The van der Waals surface area contributed by atoms with E-state index >= 15 is 0 Å². The van der Waals surface area contributed by atoms with Gasteiger partial charge in [0.2, 0.25) is 0 Å². The third-order valence-corrected chi connectivity index (χ3v) is 3.88. The zero-order valence-electron chi connectivity index (χ0n) is 11.6. The van der Waals surface area contributed by atoms with Crippen molar-refractivity contribution in [1.82, 2.24) is 9.78 Å². The molecule has 0 amide bonds. The van der Waals surface area contributed by atoms with Crippen molar-refractivity contribution in [3.8, 4) is 0 Å².